The summed E-state index contributed by atoms with van der Waals surface area (Å²) in [6.07, 6.45) is 2.27. The molecule has 2 amide bonds. The predicted molar refractivity (Wildman–Crippen MR) is 108 cm³/mol. The van der Waals surface area contributed by atoms with Gasteiger partial charge in [-0.15, -0.1) is 0 Å². The highest BCUT2D eigenvalue weighted by Crippen LogP contribution is 2.39. The fraction of sp³-hybridized carbons (Fsp3) is 0.0455. The number of amides is 2. The lowest BCUT2D eigenvalue weighted by Gasteiger charge is -2.18. The number of rotatable bonds is 3. The molecule has 4 rings (SSSR count). The maximum Gasteiger partial charge on any atom is 0.257 e. The Bertz CT molecular complexity index is 1250. The van der Waals surface area contributed by atoms with E-state index in [4.69, 9.17) is 4.98 Å². The van der Waals surface area contributed by atoms with Gasteiger partial charge in [0.05, 0.1) is 22.2 Å². The molecule has 0 aliphatic rings. The smallest absolute Gasteiger partial charge is 0.257 e. The first kappa shape index (κ1) is 16.7. The molecule has 0 aliphatic carbocycles. The van der Waals surface area contributed by atoms with E-state index < -0.39 is 11.8 Å². The molecule has 0 saturated carbocycles. The molecule has 0 N–H and O–H groups in total. The quantitative estimate of drug-likeness (QED) is 0.518. The first-order chi connectivity index (χ1) is 13.1. The Kier molecular flexibility index (Phi) is 3.85. The zero-order valence-electron chi connectivity index (χ0n) is 14.8. The normalized spacial score (nSPS) is 11.0. The third kappa shape index (κ3) is 2.36. The molecule has 2 heterocycles. The van der Waals surface area contributed by atoms with Gasteiger partial charge in [0.25, 0.3) is 11.8 Å². The molecule has 5 nitrogen and oxygen atoms in total. The van der Waals surface area contributed by atoms with Crippen molar-refractivity contribution >= 4 is 44.8 Å². The van der Waals surface area contributed by atoms with Crippen molar-refractivity contribution < 1.29 is 9.59 Å². The number of carbonyl (C=O) groups is 2. The summed E-state index contributed by atoms with van der Waals surface area (Å²) in [6, 6.07) is 15.3. The van der Waals surface area contributed by atoms with Crippen LogP contribution in [0.1, 0.15) is 5.82 Å². The van der Waals surface area contributed by atoms with E-state index in [9.17, 15) is 9.59 Å². The Morgan fingerprint density at radius 2 is 1.56 bits per heavy atom. The third-order valence-corrected chi connectivity index (χ3v) is 4.63. The fourth-order valence-electron chi connectivity index (χ4n) is 3.54. The Morgan fingerprint density at radius 3 is 2.22 bits per heavy atom. The highest BCUT2D eigenvalue weighted by molar-refractivity contribution is 6.29. The third-order valence-electron chi connectivity index (χ3n) is 4.63. The minimum absolute atomic E-state index is 0.503. The van der Waals surface area contributed by atoms with Gasteiger partial charge < -0.3 is 0 Å². The van der Waals surface area contributed by atoms with Gasteiger partial charge in [-0.25, -0.2) is 9.88 Å². The SMILES string of the molecule is C=CC(=O)N(C(=O)C=C)c1c2ccccc2n2c(C)nc3ccccc3c12. The van der Waals surface area contributed by atoms with E-state index in [2.05, 4.69) is 13.2 Å². The second kappa shape index (κ2) is 6.21. The molecule has 0 atom stereocenters. The number of benzene rings is 2. The number of aryl methyl sites for hydroxylation is 1. The Morgan fingerprint density at radius 1 is 0.963 bits per heavy atom. The van der Waals surface area contributed by atoms with Crippen molar-refractivity contribution in [3.63, 3.8) is 0 Å². The van der Waals surface area contributed by atoms with E-state index in [0.717, 1.165) is 50.2 Å². The summed E-state index contributed by atoms with van der Waals surface area (Å²) in [5, 5.41) is 1.64. The lowest BCUT2D eigenvalue weighted by Crippen LogP contribution is -2.34. The summed E-state index contributed by atoms with van der Waals surface area (Å²) < 4.78 is 1.98. The monoisotopic (exact) mass is 355 g/mol. The van der Waals surface area contributed by atoms with Crippen LogP contribution in [-0.4, -0.2) is 21.2 Å². The summed E-state index contributed by atoms with van der Waals surface area (Å²) >= 11 is 0. The second-order valence-corrected chi connectivity index (χ2v) is 6.15. The number of imide groups is 1. The molecule has 0 fully saturated rings. The second-order valence-electron chi connectivity index (χ2n) is 6.15. The van der Waals surface area contributed by atoms with Crippen molar-refractivity contribution in [2.45, 2.75) is 6.92 Å². The molecular formula is C22H17N3O2. The van der Waals surface area contributed by atoms with Crippen LogP contribution in [0.3, 0.4) is 0 Å². The summed E-state index contributed by atoms with van der Waals surface area (Å²) in [6.45, 7) is 9.01. The Balaban J connectivity index is 2.31. The minimum Gasteiger partial charge on any atom is -0.295 e. The highest BCUT2D eigenvalue weighted by atomic mass is 16.2. The number of anilines is 1. The van der Waals surface area contributed by atoms with Crippen molar-refractivity contribution in [1.29, 1.82) is 0 Å². The first-order valence-electron chi connectivity index (χ1n) is 8.50. The number of hydrogen-bond acceptors (Lipinski definition) is 3. The van der Waals surface area contributed by atoms with E-state index in [-0.39, 0.29) is 0 Å². The van der Waals surface area contributed by atoms with E-state index >= 15 is 0 Å². The van der Waals surface area contributed by atoms with Crippen molar-refractivity contribution in [3.8, 4) is 0 Å². The van der Waals surface area contributed by atoms with E-state index in [1.54, 1.807) is 0 Å². The van der Waals surface area contributed by atoms with Gasteiger partial charge in [-0.2, -0.15) is 0 Å². The van der Waals surface area contributed by atoms with Crippen LogP contribution in [-0.2, 0) is 9.59 Å². The van der Waals surface area contributed by atoms with E-state index in [1.165, 1.54) is 0 Å². The van der Waals surface area contributed by atoms with Crippen LogP contribution in [0, 0.1) is 6.92 Å². The van der Waals surface area contributed by atoms with Crippen LogP contribution >= 0.6 is 0 Å². The molecule has 0 unspecified atom stereocenters. The molecule has 5 heteroatoms. The van der Waals surface area contributed by atoms with Crippen molar-refractivity contribution in [2.24, 2.45) is 0 Å². The van der Waals surface area contributed by atoms with Gasteiger partial charge >= 0.3 is 0 Å². The minimum atomic E-state index is -0.503. The number of aromatic nitrogens is 2. The van der Waals surface area contributed by atoms with Gasteiger partial charge in [0.1, 0.15) is 5.82 Å². The molecule has 4 aromatic rings. The number of carbonyl (C=O) groups excluding carboxylic acids is 2. The van der Waals surface area contributed by atoms with Crippen molar-refractivity contribution in [2.75, 3.05) is 4.90 Å². The zero-order chi connectivity index (χ0) is 19.1. The lowest BCUT2D eigenvalue weighted by atomic mass is 10.1. The predicted octanol–water partition coefficient (Wildman–Crippen LogP) is 4.18. The van der Waals surface area contributed by atoms with Gasteiger partial charge in [0.2, 0.25) is 0 Å². The lowest BCUT2D eigenvalue weighted by molar-refractivity contribution is -0.121. The van der Waals surface area contributed by atoms with Crippen LogP contribution in [0.2, 0.25) is 0 Å². The molecular weight excluding hydrogens is 338 g/mol. The van der Waals surface area contributed by atoms with Crippen LogP contribution in [0.5, 0.6) is 0 Å². The van der Waals surface area contributed by atoms with Crippen molar-refractivity contribution in [1.82, 2.24) is 9.38 Å². The molecule has 0 aliphatic heterocycles. The molecule has 0 spiro atoms. The molecule has 0 bridgehead atoms. The molecule has 2 aromatic carbocycles. The number of fused-ring (bicyclic) bond motifs is 5. The zero-order valence-corrected chi connectivity index (χ0v) is 14.8. The fourth-order valence-corrected chi connectivity index (χ4v) is 3.54. The Labute approximate surface area is 155 Å². The summed E-state index contributed by atoms with van der Waals surface area (Å²) in [4.78, 5) is 31.1. The van der Waals surface area contributed by atoms with Crippen molar-refractivity contribution in [3.05, 3.63) is 79.7 Å². The summed E-state index contributed by atoms with van der Waals surface area (Å²) in [7, 11) is 0. The molecule has 132 valence electrons. The maximum absolute atomic E-state index is 12.6. The molecule has 0 saturated heterocycles. The average Bonchev–Trinajstić information content (AvgIpc) is 3.04. The molecule has 2 aromatic heterocycles. The molecule has 27 heavy (non-hydrogen) atoms. The maximum atomic E-state index is 12.6. The van der Waals surface area contributed by atoms with Gasteiger partial charge in [0, 0.05) is 10.8 Å². The number of nitrogens with zero attached hydrogens (tertiary/aromatic N) is 3. The van der Waals surface area contributed by atoms with Gasteiger partial charge in [0.15, 0.2) is 0 Å². The van der Waals surface area contributed by atoms with E-state index in [0.29, 0.717) is 5.69 Å². The van der Waals surface area contributed by atoms with Gasteiger partial charge in [-0.1, -0.05) is 49.6 Å². The molecule has 0 radical (unpaired) electrons. The van der Waals surface area contributed by atoms with Gasteiger partial charge in [-0.3, -0.25) is 14.0 Å². The Hall–Kier alpha value is -3.73. The van der Waals surface area contributed by atoms with Crippen LogP contribution < -0.4 is 4.90 Å². The highest BCUT2D eigenvalue weighted by Gasteiger charge is 2.27. The summed E-state index contributed by atoms with van der Waals surface area (Å²) in [5.74, 6) is -0.239. The van der Waals surface area contributed by atoms with Crippen LogP contribution in [0.15, 0.2) is 73.8 Å². The largest absolute Gasteiger partial charge is 0.295 e. The summed E-state index contributed by atoms with van der Waals surface area (Å²) in [5.41, 5.74) is 2.94. The first-order valence-corrected chi connectivity index (χ1v) is 8.50. The number of hydrogen-bond donors (Lipinski definition) is 0. The van der Waals surface area contributed by atoms with Crippen LogP contribution in [0.4, 0.5) is 5.69 Å². The number of para-hydroxylation sites is 2. The van der Waals surface area contributed by atoms with Gasteiger partial charge in [-0.05, 0) is 31.2 Å². The average molecular weight is 355 g/mol. The topological polar surface area (TPSA) is 54.7 Å². The van der Waals surface area contributed by atoms with Crippen LogP contribution in [0.25, 0.3) is 27.3 Å². The van der Waals surface area contributed by atoms with E-state index in [1.807, 2.05) is 59.9 Å². The standard InChI is InChI=1S/C22H17N3O2/c1-4-19(26)25(20(27)5-2)22-16-11-7-9-13-18(16)24-14(3)23-17-12-8-6-10-15(17)21(22)24/h4-13H,1-2H2,3H3.